The quantitative estimate of drug-likeness (QED) is 0.331. The van der Waals surface area contributed by atoms with Crippen LogP contribution in [0.1, 0.15) is 12.5 Å². The first-order chi connectivity index (χ1) is 13.5. The second-order valence-corrected chi connectivity index (χ2v) is 6.27. The molecule has 1 heterocycles. The number of amides is 2. The molecule has 0 radical (unpaired) electrons. The first-order valence-electron chi connectivity index (χ1n) is 8.67. The van der Waals surface area contributed by atoms with Crippen LogP contribution in [0, 0.1) is 0 Å². The van der Waals surface area contributed by atoms with Crippen molar-refractivity contribution in [3.8, 4) is 5.75 Å². The average Bonchev–Trinajstić information content (AvgIpc) is 2.98. The van der Waals surface area contributed by atoms with Gasteiger partial charge in [0.1, 0.15) is 11.3 Å². The number of nitrogens with one attached hydrogen (secondary N) is 1. The molecule has 3 aromatic rings. The topological polar surface area (TPSA) is 75.7 Å². The van der Waals surface area contributed by atoms with E-state index in [-0.39, 0.29) is 11.3 Å². The zero-order valence-electron chi connectivity index (χ0n) is 15.0. The first kappa shape index (κ1) is 17.5. The van der Waals surface area contributed by atoms with E-state index in [1.54, 1.807) is 30.3 Å². The Kier molecular flexibility index (Phi) is 4.37. The van der Waals surface area contributed by atoms with Gasteiger partial charge in [-0.15, -0.1) is 0 Å². The summed E-state index contributed by atoms with van der Waals surface area (Å²) in [6, 6.07) is 19.8. The number of rotatable bonds is 3. The number of ether oxygens (including phenoxy) is 1. The summed E-state index contributed by atoms with van der Waals surface area (Å²) in [5.74, 6) is -1.19. The summed E-state index contributed by atoms with van der Waals surface area (Å²) in [7, 11) is 0. The summed E-state index contributed by atoms with van der Waals surface area (Å²) >= 11 is 0. The molecule has 1 aliphatic rings. The van der Waals surface area contributed by atoms with Crippen LogP contribution in [0.5, 0.6) is 5.75 Å². The molecule has 0 spiro atoms. The minimum atomic E-state index is -0.518. The van der Waals surface area contributed by atoms with Crippen molar-refractivity contribution in [2.75, 3.05) is 5.01 Å². The van der Waals surface area contributed by atoms with Crippen molar-refractivity contribution in [3.05, 3.63) is 77.9 Å². The number of nitrogens with zero attached hydrogens (tertiary/aromatic N) is 1. The third-order valence-corrected chi connectivity index (χ3v) is 4.38. The second-order valence-electron chi connectivity index (χ2n) is 6.27. The highest BCUT2D eigenvalue weighted by molar-refractivity contribution is 6.32. The van der Waals surface area contributed by atoms with Crippen LogP contribution >= 0.6 is 0 Å². The molecule has 1 fully saturated rings. The molecule has 6 heteroatoms. The third-order valence-electron chi connectivity index (χ3n) is 4.38. The first-order valence-corrected chi connectivity index (χ1v) is 8.67. The van der Waals surface area contributed by atoms with E-state index < -0.39 is 17.8 Å². The lowest BCUT2D eigenvalue weighted by Crippen LogP contribution is -2.35. The van der Waals surface area contributed by atoms with Gasteiger partial charge in [0, 0.05) is 12.5 Å². The molecule has 0 atom stereocenters. The lowest BCUT2D eigenvalue weighted by atomic mass is 10.0. The van der Waals surface area contributed by atoms with Gasteiger partial charge in [-0.3, -0.25) is 19.8 Å². The summed E-state index contributed by atoms with van der Waals surface area (Å²) in [6.07, 6.45) is 1.47. The Morgan fingerprint density at radius 3 is 2.43 bits per heavy atom. The van der Waals surface area contributed by atoms with E-state index in [0.29, 0.717) is 11.3 Å². The number of benzene rings is 3. The molecular weight excluding hydrogens is 356 g/mol. The Labute approximate surface area is 161 Å². The van der Waals surface area contributed by atoms with Gasteiger partial charge in [0.2, 0.25) is 0 Å². The fourth-order valence-corrected chi connectivity index (χ4v) is 3.13. The minimum Gasteiger partial charge on any atom is -0.426 e. The van der Waals surface area contributed by atoms with E-state index in [4.69, 9.17) is 4.74 Å². The summed E-state index contributed by atoms with van der Waals surface area (Å²) in [5.41, 5.74) is 3.59. The fourth-order valence-electron chi connectivity index (χ4n) is 3.13. The Balaban J connectivity index is 1.84. The van der Waals surface area contributed by atoms with Crippen molar-refractivity contribution in [1.29, 1.82) is 0 Å². The number of para-hydroxylation sites is 1. The molecular formula is C22H16N2O4. The Morgan fingerprint density at radius 1 is 0.964 bits per heavy atom. The van der Waals surface area contributed by atoms with Crippen LogP contribution in [-0.4, -0.2) is 17.8 Å². The molecule has 2 amide bonds. The highest BCUT2D eigenvalue weighted by Gasteiger charge is 2.34. The molecule has 0 unspecified atom stereocenters. The number of esters is 1. The SMILES string of the molecule is CC(=O)Oc1ccc2ccccc2c1C=C1C(=O)NN(c2ccccc2)C1=O. The predicted molar refractivity (Wildman–Crippen MR) is 105 cm³/mol. The van der Waals surface area contributed by atoms with Crippen molar-refractivity contribution in [2.45, 2.75) is 6.92 Å². The lowest BCUT2D eigenvalue weighted by Gasteiger charge is -2.14. The third kappa shape index (κ3) is 3.12. The molecule has 1 aliphatic heterocycles. The van der Waals surface area contributed by atoms with E-state index >= 15 is 0 Å². The molecule has 0 bridgehead atoms. The highest BCUT2D eigenvalue weighted by atomic mass is 16.5. The van der Waals surface area contributed by atoms with Gasteiger partial charge in [0.05, 0.1) is 5.69 Å². The van der Waals surface area contributed by atoms with Crippen LogP contribution in [0.4, 0.5) is 5.69 Å². The summed E-state index contributed by atoms with van der Waals surface area (Å²) < 4.78 is 5.31. The molecule has 6 nitrogen and oxygen atoms in total. The molecule has 0 aliphatic carbocycles. The number of carbonyl (C=O) groups is 3. The van der Waals surface area contributed by atoms with Crippen LogP contribution in [0.25, 0.3) is 16.8 Å². The van der Waals surface area contributed by atoms with Crippen LogP contribution in [0.3, 0.4) is 0 Å². The van der Waals surface area contributed by atoms with Crippen LogP contribution in [-0.2, 0) is 14.4 Å². The van der Waals surface area contributed by atoms with Crippen LogP contribution < -0.4 is 15.2 Å². The van der Waals surface area contributed by atoms with E-state index in [2.05, 4.69) is 5.43 Å². The number of anilines is 1. The maximum Gasteiger partial charge on any atom is 0.308 e. The highest BCUT2D eigenvalue weighted by Crippen LogP contribution is 2.32. The molecule has 0 saturated carbocycles. The van der Waals surface area contributed by atoms with Gasteiger partial charge in [-0.25, -0.2) is 5.01 Å². The van der Waals surface area contributed by atoms with Crippen molar-refractivity contribution in [2.24, 2.45) is 0 Å². The van der Waals surface area contributed by atoms with Crippen molar-refractivity contribution in [1.82, 2.24) is 5.43 Å². The number of fused-ring (bicyclic) bond motifs is 1. The van der Waals surface area contributed by atoms with Crippen molar-refractivity contribution >= 4 is 40.3 Å². The van der Waals surface area contributed by atoms with E-state index in [0.717, 1.165) is 10.8 Å². The minimum absolute atomic E-state index is 0.0337. The zero-order chi connectivity index (χ0) is 19.7. The monoisotopic (exact) mass is 372 g/mol. The second kappa shape index (κ2) is 7.00. The number of hydrogen-bond donors (Lipinski definition) is 1. The largest absolute Gasteiger partial charge is 0.426 e. The van der Waals surface area contributed by atoms with Crippen LogP contribution in [0.2, 0.25) is 0 Å². The molecule has 4 rings (SSSR count). The fraction of sp³-hybridized carbons (Fsp3) is 0.0455. The molecule has 1 N–H and O–H groups in total. The van der Waals surface area contributed by atoms with E-state index in [1.807, 2.05) is 36.4 Å². The van der Waals surface area contributed by atoms with Gasteiger partial charge in [0.15, 0.2) is 0 Å². The Morgan fingerprint density at radius 2 is 1.68 bits per heavy atom. The average molecular weight is 372 g/mol. The zero-order valence-corrected chi connectivity index (χ0v) is 15.0. The van der Waals surface area contributed by atoms with Gasteiger partial charge >= 0.3 is 5.97 Å². The smallest absolute Gasteiger partial charge is 0.308 e. The van der Waals surface area contributed by atoms with Gasteiger partial charge in [-0.05, 0) is 35.0 Å². The van der Waals surface area contributed by atoms with E-state index in [9.17, 15) is 14.4 Å². The van der Waals surface area contributed by atoms with Gasteiger partial charge in [-0.1, -0.05) is 48.5 Å². The van der Waals surface area contributed by atoms with Gasteiger partial charge < -0.3 is 4.74 Å². The number of carbonyl (C=O) groups excluding carboxylic acids is 3. The lowest BCUT2D eigenvalue weighted by molar-refractivity contribution is -0.131. The van der Waals surface area contributed by atoms with Gasteiger partial charge in [0.25, 0.3) is 11.8 Å². The number of hydrogen-bond acceptors (Lipinski definition) is 4. The predicted octanol–water partition coefficient (Wildman–Crippen LogP) is 3.23. The maximum atomic E-state index is 12.9. The number of hydrazine groups is 1. The summed E-state index contributed by atoms with van der Waals surface area (Å²) in [5, 5.41) is 2.87. The molecule has 28 heavy (non-hydrogen) atoms. The van der Waals surface area contributed by atoms with Crippen molar-refractivity contribution in [3.63, 3.8) is 0 Å². The maximum absolute atomic E-state index is 12.9. The Hall–Kier alpha value is -3.93. The molecule has 138 valence electrons. The van der Waals surface area contributed by atoms with E-state index in [1.165, 1.54) is 18.0 Å². The molecule has 3 aromatic carbocycles. The normalized spacial score (nSPS) is 15.2. The standard InChI is InChI=1S/C22H16N2O4/c1-14(25)28-20-12-11-15-7-5-6-10-17(15)18(20)13-19-21(26)23-24(22(19)27)16-8-3-2-4-9-16/h2-13H,1H3,(H,23,26). The molecule has 1 saturated heterocycles. The van der Waals surface area contributed by atoms with Crippen molar-refractivity contribution < 1.29 is 19.1 Å². The summed E-state index contributed by atoms with van der Waals surface area (Å²) in [6.45, 7) is 1.30. The van der Waals surface area contributed by atoms with Crippen LogP contribution in [0.15, 0.2) is 72.3 Å². The Bertz CT molecular complexity index is 1140. The van der Waals surface area contributed by atoms with Gasteiger partial charge in [-0.2, -0.15) is 0 Å². The molecule has 0 aromatic heterocycles. The summed E-state index contributed by atoms with van der Waals surface area (Å²) in [4.78, 5) is 36.9.